The van der Waals surface area contributed by atoms with E-state index in [0.29, 0.717) is 54.7 Å². The van der Waals surface area contributed by atoms with Crippen LogP contribution in [-0.2, 0) is 14.3 Å². The molecule has 1 atom stereocenters. The van der Waals surface area contributed by atoms with Gasteiger partial charge in [-0.25, -0.2) is 0 Å². The first-order chi connectivity index (χ1) is 17.4. The SMILES string of the molecule is COc1cc([C@@H]2/C(=C(\O)c3ccc(C)cc3)C(=O)C(=O)N2CCN2CCOCC2)cc(OC)c1OC. The van der Waals surface area contributed by atoms with Crippen LogP contribution in [0, 0.1) is 6.92 Å². The van der Waals surface area contributed by atoms with E-state index in [1.807, 2.05) is 19.1 Å². The number of nitrogens with zero attached hydrogens (tertiary/aromatic N) is 2. The lowest BCUT2D eigenvalue weighted by Gasteiger charge is -2.31. The van der Waals surface area contributed by atoms with E-state index in [4.69, 9.17) is 18.9 Å². The number of carbonyl (C=O) groups excluding carboxylic acids is 2. The van der Waals surface area contributed by atoms with Crippen LogP contribution < -0.4 is 14.2 Å². The number of aryl methyl sites for hydroxylation is 1. The number of benzene rings is 2. The zero-order valence-electron chi connectivity index (χ0n) is 21.1. The minimum Gasteiger partial charge on any atom is -0.507 e. The molecule has 0 radical (unpaired) electrons. The van der Waals surface area contributed by atoms with Crippen LogP contribution in [0.4, 0.5) is 0 Å². The summed E-state index contributed by atoms with van der Waals surface area (Å²) in [7, 11) is 4.51. The summed E-state index contributed by atoms with van der Waals surface area (Å²) in [5.41, 5.74) is 2.07. The van der Waals surface area contributed by atoms with Crippen molar-refractivity contribution in [2.75, 3.05) is 60.7 Å². The summed E-state index contributed by atoms with van der Waals surface area (Å²) in [5.74, 6) is -0.431. The zero-order chi connectivity index (χ0) is 25.8. The predicted octanol–water partition coefficient (Wildman–Crippen LogP) is 2.77. The lowest BCUT2D eigenvalue weighted by atomic mass is 9.94. The van der Waals surface area contributed by atoms with Gasteiger partial charge in [-0.2, -0.15) is 0 Å². The normalized spacial score (nSPS) is 20.0. The number of rotatable bonds is 8. The molecule has 2 aliphatic heterocycles. The molecule has 4 rings (SSSR count). The highest BCUT2D eigenvalue weighted by atomic mass is 16.5. The van der Waals surface area contributed by atoms with E-state index in [1.165, 1.54) is 26.2 Å². The van der Waals surface area contributed by atoms with Gasteiger partial charge in [0, 0.05) is 31.7 Å². The highest BCUT2D eigenvalue weighted by Crippen LogP contribution is 2.45. The van der Waals surface area contributed by atoms with Crippen molar-refractivity contribution in [3.05, 3.63) is 58.7 Å². The lowest BCUT2D eigenvalue weighted by Crippen LogP contribution is -2.42. The van der Waals surface area contributed by atoms with Gasteiger partial charge in [0.25, 0.3) is 11.7 Å². The smallest absolute Gasteiger partial charge is 0.295 e. The van der Waals surface area contributed by atoms with Gasteiger partial charge in [0.1, 0.15) is 5.76 Å². The fraction of sp³-hybridized carbons (Fsp3) is 0.407. The van der Waals surface area contributed by atoms with Crippen LogP contribution in [-0.4, -0.2) is 87.3 Å². The molecular formula is C27H32N2O7. The molecule has 2 aromatic carbocycles. The Morgan fingerprint density at radius 3 is 2.14 bits per heavy atom. The van der Waals surface area contributed by atoms with Gasteiger partial charge in [0.15, 0.2) is 11.5 Å². The fourth-order valence-corrected chi connectivity index (χ4v) is 4.66. The minimum atomic E-state index is -0.832. The van der Waals surface area contributed by atoms with E-state index in [0.717, 1.165) is 18.7 Å². The summed E-state index contributed by atoms with van der Waals surface area (Å²) in [6.07, 6.45) is 0. The molecule has 9 nitrogen and oxygen atoms in total. The number of hydrogen-bond donors (Lipinski definition) is 1. The van der Waals surface area contributed by atoms with Crippen molar-refractivity contribution >= 4 is 17.4 Å². The molecule has 2 aromatic rings. The third-order valence-corrected chi connectivity index (χ3v) is 6.63. The molecule has 2 aliphatic rings. The molecule has 9 heteroatoms. The first-order valence-electron chi connectivity index (χ1n) is 11.8. The fourth-order valence-electron chi connectivity index (χ4n) is 4.66. The number of aliphatic hydroxyl groups excluding tert-OH is 1. The molecule has 1 amide bonds. The van der Waals surface area contributed by atoms with Crippen molar-refractivity contribution < 1.29 is 33.6 Å². The first kappa shape index (κ1) is 25.5. The number of ketones is 1. The van der Waals surface area contributed by atoms with Crippen LogP contribution in [0.2, 0.25) is 0 Å². The first-order valence-corrected chi connectivity index (χ1v) is 11.8. The second-order valence-electron chi connectivity index (χ2n) is 8.77. The summed E-state index contributed by atoms with van der Waals surface area (Å²) in [6.45, 7) is 5.57. The summed E-state index contributed by atoms with van der Waals surface area (Å²) >= 11 is 0. The molecule has 0 aromatic heterocycles. The molecule has 0 bridgehead atoms. The largest absolute Gasteiger partial charge is 0.507 e. The Morgan fingerprint density at radius 2 is 1.58 bits per heavy atom. The average Bonchev–Trinajstić information content (AvgIpc) is 3.16. The average molecular weight is 497 g/mol. The molecule has 0 saturated carbocycles. The Labute approximate surface area is 210 Å². The van der Waals surface area contributed by atoms with E-state index in [1.54, 1.807) is 24.3 Å². The third kappa shape index (κ3) is 4.89. The molecule has 0 spiro atoms. The molecule has 2 heterocycles. The maximum absolute atomic E-state index is 13.3. The molecule has 1 N–H and O–H groups in total. The number of amides is 1. The van der Waals surface area contributed by atoms with Gasteiger partial charge >= 0.3 is 0 Å². The number of Topliss-reactive ketones (excluding diaryl/α,β-unsaturated/α-hetero) is 1. The summed E-state index contributed by atoms with van der Waals surface area (Å²) in [6, 6.07) is 9.75. The number of ether oxygens (including phenoxy) is 4. The zero-order valence-corrected chi connectivity index (χ0v) is 21.1. The Kier molecular flexibility index (Phi) is 7.81. The van der Waals surface area contributed by atoms with Gasteiger partial charge in [-0.15, -0.1) is 0 Å². The Balaban J connectivity index is 1.83. The molecule has 2 saturated heterocycles. The number of methoxy groups -OCH3 is 3. The van der Waals surface area contributed by atoms with Crippen molar-refractivity contribution in [2.45, 2.75) is 13.0 Å². The van der Waals surface area contributed by atoms with E-state index in [9.17, 15) is 14.7 Å². The molecule has 0 aliphatic carbocycles. The highest BCUT2D eigenvalue weighted by Gasteiger charge is 2.46. The summed E-state index contributed by atoms with van der Waals surface area (Å²) < 4.78 is 21.9. The van der Waals surface area contributed by atoms with Crippen LogP contribution in [0.15, 0.2) is 42.0 Å². The predicted molar refractivity (Wildman–Crippen MR) is 134 cm³/mol. The summed E-state index contributed by atoms with van der Waals surface area (Å²) in [5, 5.41) is 11.3. The van der Waals surface area contributed by atoms with Gasteiger partial charge in [0.2, 0.25) is 5.75 Å². The lowest BCUT2D eigenvalue weighted by molar-refractivity contribution is -0.140. The standard InChI is InChI=1S/C27H32N2O7/c1-17-5-7-18(8-6-17)24(30)22-23(19-15-20(33-2)26(35-4)21(16-19)34-3)29(27(32)25(22)31)10-9-28-11-13-36-14-12-28/h5-8,15-16,23,30H,9-14H2,1-4H3/b24-22+/t23-/m1/s1. The van der Waals surface area contributed by atoms with Crippen molar-refractivity contribution in [1.29, 1.82) is 0 Å². The molecule has 36 heavy (non-hydrogen) atoms. The van der Waals surface area contributed by atoms with Crippen LogP contribution in [0.3, 0.4) is 0 Å². The number of hydrogen-bond acceptors (Lipinski definition) is 8. The Morgan fingerprint density at radius 1 is 0.972 bits per heavy atom. The second-order valence-corrected chi connectivity index (χ2v) is 8.77. The molecule has 0 unspecified atom stereocenters. The maximum Gasteiger partial charge on any atom is 0.295 e. The van der Waals surface area contributed by atoms with Gasteiger partial charge in [0.05, 0.1) is 46.2 Å². The molecule has 2 fully saturated rings. The van der Waals surface area contributed by atoms with E-state index < -0.39 is 17.7 Å². The number of carbonyl (C=O) groups is 2. The van der Waals surface area contributed by atoms with Crippen LogP contribution >= 0.6 is 0 Å². The van der Waals surface area contributed by atoms with Crippen molar-refractivity contribution in [1.82, 2.24) is 9.80 Å². The van der Waals surface area contributed by atoms with Gasteiger partial charge < -0.3 is 29.0 Å². The topological polar surface area (TPSA) is 97.8 Å². The highest BCUT2D eigenvalue weighted by molar-refractivity contribution is 6.46. The van der Waals surface area contributed by atoms with E-state index >= 15 is 0 Å². The number of likely N-dealkylation sites (tertiary alicyclic amines) is 1. The quantitative estimate of drug-likeness (QED) is 0.339. The van der Waals surface area contributed by atoms with Crippen LogP contribution in [0.25, 0.3) is 5.76 Å². The monoisotopic (exact) mass is 496 g/mol. The van der Waals surface area contributed by atoms with Crippen LogP contribution in [0.5, 0.6) is 17.2 Å². The minimum absolute atomic E-state index is 0.0279. The van der Waals surface area contributed by atoms with Gasteiger partial charge in [-0.3, -0.25) is 14.5 Å². The summed E-state index contributed by atoms with van der Waals surface area (Å²) in [4.78, 5) is 30.3. The van der Waals surface area contributed by atoms with Crippen molar-refractivity contribution in [2.24, 2.45) is 0 Å². The van der Waals surface area contributed by atoms with Gasteiger partial charge in [-0.1, -0.05) is 29.8 Å². The second kappa shape index (κ2) is 11.0. The number of aliphatic hydroxyl groups is 1. The Hall–Kier alpha value is -3.56. The van der Waals surface area contributed by atoms with Gasteiger partial charge in [-0.05, 0) is 24.6 Å². The Bertz CT molecular complexity index is 1130. The maximum atomic E-state index is 13.3. The van der Waals surface area contributed by atoms with Crippen molar-refractivity contribution in [3.63, 3.8) is 0 Å². The van der Waals surface area contributed by atoms with Crippen molar-refractivity contribution in [3.8, 4) is 17.2 Å². The van der Waals surface area contributed by atoms with Crippen LogP contribution in [0.1, 0.15) is 22.7 Å². The molecule has 192 valence electrons. The number of morpholine rings is 1. The van der Waals surface area contributed by atoms with E-state index in [-0.39, 0.29) is 11.3 Å². The molecular weight excluding hydrogens is 464 g/mol. The van der Waals surface area contributed by atoms with E-state index in [2.05, 4.69) is 4.90 Å². The third-order valence-electron chi connectivity index (χ3n) is 6.63.